The molecule has 2 N–H and O–H groups in total. The molecule has 0 atom stereocenters. The van der Waals surface area contributed by atoms with Gasteiger partial charge in [0.1, 0.15) is 24.4 Å². The quantitative estimate of drug-likeness (QED) is 0.568. The van der Waals surface area contributed by atoms with Gasteiger partial charge in [0.15, 0.2) is 5.82 Å². The molecule has 0 saturated carbocycles. The van der Waals surface area contributed by atoms with E-state index in [4.69, 9.17) is 4.74 Å². The summed E-state index contributed by atoms with van der Waals surface area (Å²) in [4.78, 5) is 5.66. The SMILES string of the molecule is Fc1ccc(N/N=C/c2cc3ccccc3[nH+]c2N2CCOCC2)c(F)c1. The van der Waals surface area contributed by atoms with E-state index in [1.54, 1.807) is 6.21 Å². The number of pyridine rings is 1. The molecule has 1 aliphatic rings. The smallest absolute Gasteiger partial charge is 0.284 e. The number of aromatic amines is 1. The molecule has 1 saturated heterocycles. The maximum atomic E-state index is 13.7. The third kappa shape index (κ3) is 3.88. The number of H-pyrrole nitrogens is 1. The van der Waals surface area contributed by atoms with Gasteiger partial charge in [-0.3, -0.25) is 10.3 Å². The second-order valence-electron chi connectivity index (χ2n) is 6.25. The molecular weight excluding hydrogens is 350 g/mol. The number of aromatic nitrogens is 1. The van der Waals surface area contributed by atoms with E-state index >= 15 is 0 Å². The number of hydrogen-bond donors (Lipinski definition) is 1. The van der Waals surface area contributed by atoms with Crippen LogP contribution in [-0.4, -0.2) is 32.5 Å². The number of anilines is 2. The molecule has 1 aliphatic heterocycles. The first kappa shape index (κ1) is 17.4. The topological polar surface area (TPSA) is 51.0 Å². The molecule has 0 amide bonds. The number of para-hydroxylation sites is 1. The average molecular weight is 369 g/mol. The monoisotopic (exact) mass is 369 g/mol. The van der Waals surface area contributed by atoms with Crippen molar-refractivity contribution in [2.75, 3.05) is 36.6 Å². The van der Waals surface area contributed by atoms with Crippen LogP contribution in [0.25, 0.3) is 10.9 Å². The number of ether oxygens (including phenoxy) is 1. The van der Waals surface area contributed by atoms with Gasteiger partial charge in [0, 0.05) is 11.5 Å². The first-order chi connectivity index (χ1) is 13.2. The van der Waals surface area contributed by atoms with Crippen LogP contribution in [0.3, 0.4) is 0 Å². The van der Waals surface area contributed by atoms with Gasteiger partial charge in [-0.05, 0) is 24.3 Å². The number of halogens is 2. The fourth-order valence-electron chi connectivity index (χ4n) is 3.07. The van der Waals surface area contributed by atoms with Gasteiger partial charge in [0.25, 0.3) is 5.82 Å². The first-order valence-electron chi connectivity index (χ1n) is 8.72. The van der Waals surface area contributed by atoms with Crippen LogP contribution in [0.15, 0.2) is 53.6 Å². The van der Waals surface area contributed by atoms with Crippen molar-refractivity contribution < 1.29 is 18.5 Å². The van der Waals surface area contributed by atoms with Crippen LogP contribution in [0.5, 0.6) is 0 Å². The van der Waals surface area contributed by atoms with Crippen LogP contribution in [0.1, 0.15) is 5.56 Å². The summed E-state index contributed by atoms with van der Waals surface area (Å²) < 4.78 is 32.2. The van der Waals surface area contributed by atoms with E-state index in [1.807, 2.05) is 30.3 Å². The Morgan fingerprint density at radius 2 is 1.89 bits per heavy atom. The largest absolute Gasteiger partial charge is 0.373 e. The molecule has 2 heterocycles. The van der Waals surface area contributed by atoms with Crippen molar-refractivity contribution in [3.63, 3.8) is 0 Å². The van der Waals surface area contributed by atoms with Crippen LogP contribution < -0.4 is 15.3 Å². The van der Waals surface area contributed by atoms with Gasteiger partial charge < -0.3 is 4.74 Å². The lowest BCUT2D eigenvalue weighted by Gasteiger charge is -2.22. The van der Waals surface area contributed by atoms with Gasteiger partial charge in [0.05, 0.1) is 30.7 Å². The summed E-state index contributed by atoms with van der Waals surface area (Å²) in [5, 5.41) is 5.19. The molecule has 138 valence electrons. The van der Waals surface area contributed by atoms with Crippen molar-refractivity contribution in [3.8, 4) is 0 Å². The van der Waals surface area contributed by atoms with Gasteiger partial charge in [-0.15, -0.1) is 0 Å². The highest BCUT2D eigenvalue weighted by Gasteiger charge is 2.23. The molecule has 5 nitrogen and oxygen atoms in total. The molecule has 3 aromatic rings. The lowest BCUT2D eigenvalue weighted by atomic mass is 10.1. The Kier molecular flexibility index (Phi) is 4.93. The minimum absolute atomic E-state index is 0.116. The molecule has 1 aromatic heterocycles. The summed E-state index contributed by atoms with van der Waals surface area (Å²) in [6, 6.07) is 13.3. The number of nitrogens with zero attached hydrogens (tertiary/aromatic N) is 2. The van der Waals surface area contributed by atoms with E-state index in [9.17, 15) is 8.78 Å². The predicted molar refractivity (Wildman–Crippen MR) is 101 cm³/mol. The Morgan fingerprint density at radius 3 is 2.70 bits per heavy atom. The van der Waals surface area contributed by atoms with E-state index in [0.29, 0.717) is 13.2 Å². The van der Waals surface area contributed by atoms with Crippen molar-refractivity contribution in [2.45, 2.75) is 0 Å². The fraction of sp³-hybridized carbons (Fsp3) is 0.200. The van der Waals surface area contributed by atoms with E-state index in [0.717, 1.165) is 41.4 Å². The number of hydrazone groups is 1. The molecule has 7 heteroatoms. The molecule has 0 radical (unpaired) electrons. The molecule has 0 bridgehead atoms. The highest BCUT2D eigenvalue weighted by molar-refractivity contribution is 5.91. The Hall–Kier alpha value is -3.06. The van der Waals surface area contributed by atoms with Crippen molar-refractivity contribution in [1.82, 2.24) is 0 Å². The molecule has 2 aromatic carbocycles. The number of fused-ring (bicyclic) bond motifs is 1. The van der Waals surface area contributed by atoms with Crippen molar-refractivity contribution in [2.24, 2.45) is 5.10 Å². The van der Waals surface area contributed by atoms with Gasteiger partial charge >= 0.3 is 0 Å². The molecule has 27 heavy (non-hydrogen) atoms. The standard InChI is InChI=1S/C20H18F2N4O/c21-16-5-6-19(17(22)12-16)25-23-13-15-11-14-3-1-2-4-18(14)24-20(15)26-7-9-27-10-8-26/h1-6,11-13,25H,7-10H2/p+1/b23-13+. The zero-order valence-electron chi connectivity index (χ0n) is 14.6. The lowest BCUT2D eigenvalue weighted by molar-refractivity contribution is -0.331. The van der Waals surface area contributed by atoms with Gasteiger partial charge in [0.2, 0.25) is 0 Å². The highest BCUT2D eigenvalue weighted by Crippen LogP contribution is 2.20. The minimum atomic E-state index is -0.689. The normalized spacial score (nSPS) is 14.8. The molecule has 1 fully saturated rings. The van der Waals surface area contributed by atoms with E-state index < -0.39 is 11.6 Å². The number of rotatable bonds is 4. The Labute approximate surface area is 155 Å². The molecule has 4 rings (SSSR count). The zero-order valence-corrected chi connectivity index (χ0v) is 14.6. The second-order valence-corrected chi connectivity index (χ2v) is 6.25. The van der Waals surface area contributed by atoms with E-state index in [-0.39, 0.29) is 5.69 Å². The predicted octanol–water partition coefficient (Wildman–Crippen LogP) is 3.21. The minimum Gasteiger partial charge on any atom is -0.373 e. The summed E-state index contributed by atoms with van der Waals surface area (Å²) in [7, 11) is 0. The van der Waals surface area contributed by atoms with Crippen LogP contribution >= 0.6 is 0 Å². The number of hydrogen-bond acceptors (Lipinski definition) is 4. The number of benzene rings is 2. The molecule has 0 unspecified atom stereocenters. The maximum Gasteiger partial charge on any atom is 0.284 e. The van der Waals surface area contributed by atoms with Gasteiger partial charge in [-0.2, -0.15) is 5.10 Å². The van der Waals surface area contributed by atoms with Crippen LogP contribution in [0.2, 0.25) is 0 Å². The summed E-state index contributed by atoms with van der Waals surface area (Å²) >= 11 is 0. The summed E-state index contributed by atoms with van der Waals surface area (Å²) in [6.07, 6.45) is 1.64. The van der Waals surface area contributed by atoms with Crippen LogP contribution in [-0.2, 0) is 4.74 Å². The highest BCUT2D eigenvalue weighted by atomic mass is 19.1. The summed E-state index contributed by atoms with van der Waals surface area (Å²) in [5.74, 6) is -0.381. The number of morpholine rings is 1. The summed E-state index contributed by atoms with van der Waals surface area (Å²) in [6.45, 7) is 2.87. The lowest BCUT2D eigenvalue weighted by Crippen LogP contribution is -2.40. The third-order valence-corrected chi connectivity index (χ3v) is 4.45. The van der Waals surface area contributed by atoms with E-state index in [1.165, 1.54) is 12.1 Å². The van der Waals surface area contributed by atoms with Crippen molar-refractivity contribution in [3.05, 3.63) is 65.7 Å². The third-order valence-electron chi connectivity index (χ3n) is 4.45. The maximum absolute atomic E-state index is 13.7. The van der Waals surface area contributed by atoms with Gasteiger partial charge in [-0.25, -0.2) is 13.8 Å². The Morgan fingerprint density at radius 1 is 1.07 bits per heavy atom. The molecule has 0 spiro atoms. The Bertz CT molecular complexity index is 987. The fourth-order valence-corrected chi connectivity index (χ4v) is 3.07. The number of nitrogens with one attached hydrogen (secondary N) is 2. The van der Waals surface area contributed by atoms with E-state index in [2.05, 4.69) is 20.4 Å². The summed E-state index contributed by atoms with van der Waals surface area (Å²) in [5.41, 5.74) is 4.64. The van der Waals surface area contributed by atoms with Crippen LogP contribution in [0.4, 0.5) is 20.3 Å². The Balaban J connectivity index is 1.66. The molecule has 0 aliphatic carbocycles. The van der Waals surface area contributed by atoms with Crippen molar-refractivity contribution in [1.29, 1.82) is 0 Å². The molecular formula is C20H19F2N4O+. The van der Waals surface area contributed by atoms with Gasteiger partial charge in [-0.1, -0.05) is 18.2 Å². The first-order valence-corrected chi connectivity index (χ1v) is 8.72. The van der Waals surface area contributed by atoms with Crippen molar-refractivity contribution >= 4 is 28.6 Å². The second kappa shape index (κ2) is 7.67. The van der Waals surface area contributed by atoms with Crippen LogP contribution in [0, 0.1) is 11.6 Å². The zero-order chi connectivity index (χ0) is 18.6. The average Bonchev–Trinajstić information content (AvgIpc) is 2.70.